The van der Waals surface area contributed by atoms with E-state index in [-0.39, 0.29) is 11.7 Å². The van der Waals surface area contributed by atoms with E-state index < -0.39 is 0 Å². The van der Waals surface area contributed by atoms with Crippen molar-refractivity contribution in [2.75, 3.05) is 6.54 Å². The molecule has 2 N–H and O–H groups in total. The fourth-order valence-electron chi connectivity index (χ4n) is 1.98. The van der Waals surface area contributed by atoms with Gasteiger partial charge in [0.15, 0.2) is 5.82 Å². The highest BCUT2D eigenvalue weighted by atomic mass is 19.1. The third kappa shape index (κ3) is 3.61. The van der Waals surface area contributed by atoms with Gasteiger partial charge in [0.1, 0.15) is 5.82 Å². The van der Waals surface area contributed by atoms with Gasteiger partial charge in [0.05, 0.1) is 5.92 Å². The van der Waals surface area contributed by atoms with Crippen molar-refractivity contribution in [2.24, 2.45) is 5.73 Å². The maximum absolute atomic E-state index is 12.8. The topological polar surface area (TPSA) is 64.9 Å². The molecule has 0 aliphatic heterocycles. The molecule has 0 spiro atoms. The summed E-state index contributed by atoms with van der Waals surface area (Å²) in [5, 5.41) is 3.95. The lowest BCUT2D eigenvalue weighted by Gasteiger charge is -2.06. The van der Waals surface area contributed by atoms with Crippen LogP contribution in [0, 0.1) is 5.82 Å². The molecule has 0 saturated carbocycles. The maximum Gasteiger partial charge on any atom is 0.231 e. The van der Waals surface area contributed by atoms with E-state index >= 15 is 0 Å². The van der Waals surface area contributed by atoms with Crippen LogP contribution in [0.3, 0.4) is 0 Å². The highest BCUT2D eigenvalue weighted by Crippen LogP contribution is 2.19. The minimum absolute atomic E-state index is 0.125. The van der Waals surface area contributed by atoms with E-state index in [0.29, 0.717) is 24.7 Å². The van der Waals surface area contributed by atoms with Crippen molar-refractivity contribution in [1.29, 1.82) is 0 Å². The molecule has 0 saturated heterocycles. The summed E-state index contributed by atoms with van der Waals surface area (Å²) >= 11 is 0. The van der Waals surface area contributed by atoms with Gasteiger partial charge in [-0.05, 0) is 24.1 Å². The molecule has 1 atom stereocenters. The Morgan fingerprint density at radius 1 is 1.32 bits per heavy atom. The number of halogens is 1. The van der Waals surface area contributed by atoms with E-state index in [2.05, 4.69) is 17.1 Å². The van der Waals surface area contributed by atoms with E-state index in [1.807, 2.05) is 0 Å². The van der Waals surface area contributed by atoms with Crippen LogP contribution in [0.25, 0.3) is 0 Å². The third-order valence-corrected chi connectivity index (χ3v) is 3.03. The van der Waals surface area contributed by atoms with E-state index in [0.717, 1.165) is 18.4 Å². The second kappa shape index (κ2) is 6.43. The average Bonchev–Trinajstić information content (AvgIpc) is 2.87. The second-order valence-corrected chi connectivity index (χ2v) is 4.57. The highest BCUT2D eigenvalue weighted by molar-refractivity contribution is 5.19. The summed E-state index contributed by atoms with van der Waals surface area (Å²) in [6, 6.07) is 6.29. The quantitative estimate of drug-likeness (QED) is 0.870. The van der Waals surface area contributed by atoms with Crippen LogP contribution in [0.1, 0.15) is 43.0 Å². The van der Waals surface area contributed by atoms with Crippen molar-refractivity contribution in [3.63, 3.8) is 0 Å². The van der Waals surface area contributed by atoms with Crippen molar-refractivity contribution >= 4 is 0 Å². The number of nitrogens with zero attached hydrogens (tertiary/aromatic N) is 2. The molecule has 5 heteroatoms. The van der Waals surface area contributed by atoms with Crippen LogP contribution < -0.4 is 5.73 Å². The molecule has 0 radical (unpaired) electrons. The lowest BCUT2D eigenvalue weighted by atomic mass is 10.0. The Labute approximate surface area is 111 Å². The Bertz CT molecular complexity index is 510. The SMILES string of the molecule is CCCC(CN)c1nc(Cc2ccc(F)cc2)no1. The van der Waals surface area contributed by atoms with Crippen LogP contribution in [-0.4, -0.2) is 16.7 Å². The van der Waals surface area contributed by atoms with Gasteiger partial charge in [-0.15, -0.1) is 0 Å². The van der Waals surface area contributed by atoms with Gasteiger partial charge in [-0.25, -0.2) is 4.39 Å². The number of nitrogens with two attached hydrogens (primary N) is 1. The Hall–Kier alpha value is -1.75. The highest BCUT2D eigenvalue weighted by Gasteiger charge is 2.16. The molecule has 1 unspecified atom stereocenters. The summed E-state index contributed by atoms with van der Waals surface area (Å²) in [4.78, 5) is 4.37. The normalized spacial score (nSPS) is 12.6. The molecule has 19 heavy (non-hydrogen) atoms. The number of rotatable bonds is 6. The summed E-state index contributed by atoms with van der Waals surface area (Å²) in [5.41, 5.74) is 6.65. The maximum atomic E-state index is 12.8. The largest absolute Gasteiger partial charge is 0.339 e. The van der Waals surface area contributed by atoms with Gasteiger partial charge >= 0.3 is 0 Å². The molecule has 102 valence electrons. The van der Waals surface area contributed by atoms with Crippen LogP contribution in [0.2, 0.25) is 0 Å². The minimum atomic E-state index is -0.247. The van der Waals surface area contributed by atoms with Gasteiger partial charge in [-0.2, -0.15) is 4.98 Å². The van der Waals surface area contributed by atoms with Gasteiger partial charge < -0.3 is 10.3 Å². The van der Waals surface area contributed by atoms with Crippen LogP contribution in [0.5, 0.6) is 0 Å². The van der Waals surface area contributed by atoms with E-state index in [1.165, 1.54) is 12.1 Å². The second-order valence-electron chi connectivity index (χ2n) is 4.57. The summed E-state index contributed by atoms with van der Waals surface area (Å²) in [5.74, 6) is 1.08. The van der Waals surface area contributed by atoms with E-state index in [9.17, 15) is 4.39 Å². The molecule has 0 bridgehead atoms. The lowest BCUT2D eigenvalue weighted by molar-refractivity contribution is 0.344. The number of benzene rings is 1. The first-order valence-electron chi connectivity index (χ1n) is 6.50. The van der Waals surface area contributed by atoms with Crippen molar-refractivity contribution in [1.82, 2.24) is 10.1 Å². The van der Waals surface area contributed by atoms with Gasteiger partial charge in [0.2, 0.25) is 5.89 Å². The van der Waals surface area contributed by atoms with E-state index in [4.69, 9.17) is 10.3 Å². The molecular formula is C14H18FN3O. The first-order chi connectivity index (χ1) is 9.22. The molecule has 1 heterocycles. The molecule has 1 aromatic heterocycles. The van der Waals surface area contributed by atoms with Crippen LogP contribution in [0.15, 0.2) is 28.8 Å². The zero-order valence-electron chi connectivity index (χ0n) is 11.0. The van der Waals surface area contributed by atoms with Gasteiger partial charge in [0, 0.05) is 13.0 Å². The Kier molecular flexibility index (Phi) is 4.63. The third-order valence-electron chi connectivity index (χ3n) is 3.03. The van der Waals surface area contributed by atoms with Crippen molar-refractivity contribution in [3.05, 3.63) is 47.4 Å². The molecular weight excluding hydrogens is 245 g/mol. The molecule has 2 rings (SSSR count). The molecule has 0 aliphatic carbocycles. The first-order valence-corrected chi connectivity index (χ1v) is 6.50. The van der Waals surface area contributed by atoms with Gasteiger partial charge in [-0.3, -0.25) is 0 Å². The van der Waals surface area contributed by atoms with Crippen LogP contribution in [0.4, 0.5) is 4.39 Å². The summed E-state index contributed by atoms with van der Waals surface area (Å²) in [6.07, 6.45) is 2.50. The number of hydrogen-bond acceptors (Lipinski definition) is 4. The van der Waals surface area contributed by atoms with Crippen LogP contribution >= 0.6 is 0 Å². The summed E-state index contributed by atoms with van der Waals surface area (Å²) in [7, 11) is 0. The lowest BCUT2D eigenvalue weighted by Crippen LogP contribution is -2.12. The standard InChI is InChI=1S/C14H18FN3O/c1-2-3-11(9-16)14-17-13(18-19-14)8-10-4-6-12(15)7-5-10/h4-7,11H,2-3,8-9,16H2,1H3. The Balaban J connectivity index is 2.06. The summed E-state index contributed by atoms with van der Waals surface area (Å²) in [6.45, 7) is 2.60. The average molecular weight is 263 g/mol. The predicted octanol–water partition coefficient (Wildman–Crippen LogP) is 2.64. The zero-order valence-corrected chi connectivity index (χ0v) is 11.0. The fourth-order valence-corrected chi connectivity index (χ4v) is 1.98. The summed E-state index contributed by atoms with van der Waals surface area (Å²) < 4.78 is 18.1. The number of aromatic nitrogens is 2. The monoisotopic (exact) mass is 263 g/mol. The predicted molar refractivity (Wildman–Crippen MR) is 70.2 cm³/mol. The van der Waals surface area contributed by atoms with Crippen LogP contribution in [-0.2, 0) is 6.42 Å². The molecule has 1 aromatic carbocycles. The van der Waals surface area contributed by atoms with Crippen molar-refractivity contribution < 1.29 is 8.91 Å². The minimum Gasteiger partial charge on any atom is -0.339 e. The number of hydrogen-bond donors (Lipinski definition) is 1. The van der Waals surface area contributed by atoms with Crippen molar-refractivity contribution in [3.8, 4) is 0 Å². The Morgan fingerprint density at radius 2 is 2.05 bits per heavy atom. The molecule has 0 amide bonds. The first kappa shape index (κ1) is 13.7. The van der Waals surface area contributed by atoms with Gasteiger partial charge in [0.25, 0.3) is 0 Å². The molecule has 2 aromatic rings. The zero-order chi connectivity index (χ0) is 13.7. The molecule has 0 fully saturated rings. The van der Waals surface area contributed by atoms with Crippen molar-refractivity contribution in [2.45, 2.75) is 32.1 Å². The Morgan fingerprint density at radius 3 is 2.68 bits per heavy atom. The van der Waals surface area contributed by atoms with E-state index in [1.54, 1.807) is 12.1 Å². The molecule has 4 nitrogen and oxygen atoms in total. The fraction of sp³-hybridized carbons (Fsp3) is 0.429. The van der Waals surface area contributed by atoms with Gasteiger partial charge in [-0.1, -0.05) is 30.6 Å². The molecule has 0 aliphatic rings. The smallest absolute Gasteiger partial charge is 0.231 e.